The minimum Gasteiger partial charge on any atom is -0.467 e. The summed E-state index contributed by atoms with van der Waals surface area (Å²) >= 11 is 0. The van der Waals surface area contributed by atoms with E-state index in [4.69, 9.17) is 4.42 Å². The molecule has 0 aromatic carbocycles. The molecule has 0 aliphatic heterocycles. The molecule has 0 bridgehead atoms. The molecule has 3 aromatic heterocycles. The van der Waals surface area contributed by atoms with E-state index in [-0.39, 0.29) is 0 Å². The molecule has 5 heteroatoms. The summed E-state index contributed by atoms with van der Waals surface area (Å²) in [4.78, 5) is 11.3. The van der Waals surface area contributed by atoms with Crippen LogP contribution in [0.1, 0.15) is 5.76 Å². The Hall–Kier alpha value is -2.30. The van der Waals surface area contributed by atoms with Crippen molar-refractivity contribution >= 4 is 16.9 Å². The summed E-state index contributed by atoms with van der Waals surface area (Å²) < 4.78 is 5.24. The molecular formula is C11H10N4O. The van der Waals surface area contributed by atoms with Crippen molar-refractivity contribution in [3.8, 4) is 0 Å². The van der Waals surface area contributed by atoms with Gasteiger partial charge in [0.2, 0.25) is 0 Å². The van der Waals surface area contributed by atoms with E-state index in [1.165, 1.54) is 6.33 Å². The molecule has 0 amide bonds. The Morgan fingerprint density at radius 1 is 1.31 bits per heavy atom. The largest absolute Gasteiger partial charge is 0.467 e. The predicted molar refractivity (Wildman–Crippen MR) is 59.9 cm³/mol. The number of rotatable bonds is 3. The van der Waals surface area contributed by atoms with Crippen LogP contribution in [0.15, 0.2) is 41.4 Å². The topological polar surface area (TPSA) is 66.7 Å². The van der Waals surface area contributed by atoms with E-state index in [0.29, 0.717) is 6.54 Å². The first-order valence-corrected chi connectivity index (χ1v) is 4.98. The summed E-state index contributed by atoms with van der Waals surface area (Å²) in [6, 6.07) is 5.73. The van der Waals surface area contributed by atoms with Crippen molar-refractivity contribution in [3.05, 3.63) is 42.7 Å². The fraction of sp³-hybridized carbons (Fsp3) is 0.0909. The van der Waals surface area contributed by atoms with Crippen LogP contribution in [-0.4, -0.2) is 15.0 Å². The minimum absolute atomic E-state index is 0.615. The minimum atomic E-state index is 0.615. The van der Waals surface area contributed by atoms with E-state index < -0.39 is 0 Å². The number of nitrogens with one attached hydrogen (secondary N) is 2. The van der Waals surface area contributed by atoms with Crippen LogP contribution in [0.5, 0.6) is 0 Å². The number of furan rings is 1. The molecule has 0 spiro atoms. The fourth-order valence-electron chi connectivity index (χ4n) is 1.60. The Balaban J connectivity index is 1.86. The van der Waals surface area contributed by atoms with Crippen LogP contribution < -0.4 is 5.32 Å². The highest BCUT2D eigenvalue weighted by atomic mass is 16.3. The highest BCUT2D eigenvalue weighted by Gasteiger charge is 2.04. The number of hydrogen-bond acceptors (Lipinski definition) is 4. The quantitative estimate of drug-likeness (QED) is 0.701. The van der Waals surface area contributed by atoms with Gasteiger partial charge in [0.25, 0.3) is 0 Å². The first kappa shape index (κ1) is 8.96. The predicted octanol–water partition coefficient (Wildman–Crippen LogP) is 2.16. The average Bonchev–Trinajstić information content (AvgIpc) is 2.97. The second kappa shape index (κ2) is 3.69. The van der Waals surface area contributed by atoms with Gasteiger partial charge >= 0.3 is 0 Å². The Kier molecular flexibility index (Phi) is 2.07. The molecule has 80 valence electrons. The number of nitrogens with zero attached hydrogens (tertiary/aromatic N) is 2. The normalized spacial score (nSPS) is 10.8. The lowest BCUT2D eigenvalue weighted by molar-refractivity contribution is 0.518. The third kappa shape index (κ3) is 1.52. The molecule has 3 heterocycles. The molecule has 0 fully saturated rings. The van der Waals surface area contributed by atoms with E-state index in [9.17, 15) is 0 Å². The van der Waals surface area contributed by atoms with E-state index in [2.05, 4.69) is 20.3 Å². The maximum atomic E-state index is 5.24. The Bertz CT molecular complexity index is 585. The van der Waals surface area contributed by atoms with Gasteiger partial charge in [-0.25, -0.2) is 9.97 Å². The first-order chi connectivity index (χ1) is 7.93. The van der Waals surface area contributed by atoms with Gasteiger partial charge in [0, 0.05) is 6.20 Å². The van der Waals surface area contributed by atoms with Crippen molar-refractivity contribution < 1.29 is 4.42 Å². The van der Waals surface area contributed by atoms with Gasteiger partial charge < -0.3 is 14.7 Å². The molecular weight excluding hydrogens is 204 g/mol. The van der Waals surface area contributed by atoms with Crippen molar-refractivity contribution in [2.75, 3.05) is 5.32 Å². The number of anilines is 1. The van der Waals surface area contributed by atoms with Gasteiger partial charge in [0.1, 0.15) is 23.6 Å². The van der Waals surface area contributed by atoms with E-state index in [1.807, 2.05) is 24.4 Å². The molecule has 3 aromatic rings. The molecule has 0 atom stereocenters. The summed E-state index contributed by atoms with van der Waals surface area (Å²) in [5, 5.41) is 4.19. The second-order valence-electron chi connectivity index (χ2n) is 3.40. The van der Waals surface area contributed by atoms with Gasteiger partial charge in [0.05, 0.1) is 18.2 Å². The highest BCUT2D eigenvalue weighted by Crippen LogP contribution is 2.18. The fourth-order valence-corrected chi connectivity index (χ4v) is 1.60. The molecule has 0 saturated heterocycles. The lowest BCUT2D eigenvalue weighted by atomic mass is 10.3. The SMILES string of the molecule is c1coc(CNc2ncnc3[nH]ccc23)c1. The second-order valence-corrected chi connectivity index (χ2v) is 3.40. The summed E-state index contributed by atoms with van der Waals surface area (Å²) in [7, 11) is 0. The van der Waals surface area contributed by atoms with Crippen molar-refractivity contribution in [2.24, 2.45) is 0 Å². The van der Waals surface area contributed by atoms with Crippen LogP contribution in [-0.2, 0) is 6.54 Å². The van der Waals surface area contributed by atoms with Crippen molar-refractivity contribution in [3.63, 3.8) is 0 Å². The van der Waals surface area contributed by atoms with Gasteiger partial charge in [-0.2, -0.15) is 0 Å². The van der Waals surface area contributed by atoms with Crippen LogP contribution in [0.4, 0.5) is 5.82 Å². The summed E-state index contributed by atoms with van der Waals surface area (Å²) in [5.74, 6) is 1.69. The highest BCUT2D eigenvalue weighted by molar-refractivity contribution is 5.86. The molecule has 16 heavy (non-hydrogen) atoms. The molecule has 0 aliphatic carbocycles. The number of H-pyrrole nitrogens is 1. The van der Waals surface area contributed by atoms with Gasteiger partial charge in [-0.05, 0) is 18.2 Å². The standard InChI is InChI=1S/C11H10N4O/c1-2-8(16-5-1)6-13-11-9-3-4-12-10(9)14-7-15-11/h1-5,7H,6H2,(H2,12,13,14,15). The van der Waals surface area contributed by atoms with Gasteiger partial charge in [-0.3, -0.25) is 0 Å². The molecule has 3 rings (SSSR count). The molecule has 0 radical (unpaired) electrons. The monoisotopic (exact) mass is 214 g/mol. The number of aromatic amines is 1. The van der Waals surface area contributed by atoms with Crippen LogP contribution in [0, 0.1) is 0 Å². The smallest absolute Gasteiger partial charge is 0.142 e. The van der Waals surface area contributed by atoms with Crippen LogP contribution in [0.25, 0.3) is 11.0 Å². The zero-order valence-electron chi connectivity index (χ0n) is 8.47. The van der Waals surface area contributed by atoms with Gasteiger partial charge in [-0.1, -0.05) is 0 Å². The molecule has 0 aliphatic rings. The summed E-state index contributed by atoms with van der Waals surface area (Å²) in [6.07, 6.45) is 5.03. The van der Waals surface area contributed by atoms with E-state index >= 15 is 0 Å². The van der Waals surface area contributed by atoms with Gasteiger partial charge in [-0.15, -0.1) is 0 Å². The van der Waals surface area contributed by atoms with E-state index in [1.54, 1.807) is 6.26 Å². The zero-order valence-corrected chi connectivity index (χ0v) is 8.47. The first-order valence-electron chi connectivity index (χ1n) is 4.98. The number of hydrogen-bond donors (Lipinski definition) is 2. The zero-order chi connectivity index (χ0) is 10.8. The van der Waals surface area contributed by atoms with Crippen molar-refractivity contribution in [2.45, 2.75) is 6.54 Å². The average molecular weight is 214 g/mol. The van der Waals surface area contributed by atoms with Crippen LogP contribution in [0.2, 0.25) is 0 Å². The van der Waals surface area contributed by atoms with E-state index in [0.717, 1.165) is 22.6 Å². The number of fused-ring (bicyclic) bond motifs is 1. The summed E-state index contributed by atoms with van der Waals surface area (Å²) in [5.41, 5.74) is 0.831. The number of aromatic nitrogens is 3. The molecule has 0 saturated carbocycles. The van der Waals surface area contributed by atoms with Crippen molar-refractivity contribution in [1.29, 1.82) is 0 Å². The van der Waals surface area contributed by atoms with Gasteiger partial charge in [0.15, 0.2) is 0 Å². The third-order valence-corrected chi connectivity index (χ3v) is 2.36. The molecule has 0 unspecified atom stereocenters. The van der Waals surface area contributed by atoms with Crippen molar-refractivity contribution in [1.82, 2.24) is 15.0 Å². The third-order valence-electron chi connectivity index (χ3n) is 2.36. The van der Waals surface area contributed by atoms with Crippen LogP contribution >= 0.6 is 0 Å². The molecule has 5 nitrogen and oxygen atoms in total. The Labute approximate surface area is 91.5 Å². The molecule has 2 N–H and O–H groups in total. The lowest BCUT2D eigenvalue weighted by Gasteiger charge is -2.03. The summed E-state index contributed by atoms with van der Waals surface area (Å²) in [6.45, 7) is 0.615. The Morgan fingerprint density at radius 2 is 2.31 bits per heavy atom. The maximum Gasteiger partial charge on any atom is 0.142 e. The Morgan fingerprint density at radius 3 is 3.19 bits per heavy atom. The van der Waals surface area contributed by atoms with Crippen LogP contribution in [0.3, 0.4) is 0 Å². The maximum absolute atomic E-state index is 5.24. The lowest BCUT2D eigenvalue weighted by Crippen LogP contribution is -2.01.